The summed E-state index contributed by atoms with van der Waals surface area (Å²) in [5, 5.41) is 7.43. The van der Waals surface area contributed by atoms with E-state index >= 15 is 0 Å². The highest BCUT2D eigenvalue weighted by atomic mass is 79.9. The van der Waals surface area contributed by atoms with E-state index in [0.29, 0.717) is 12.3 Å². The van der Waals surface area contributed by atoms with Crippen LogP contribution in [-0.4, -0.2) is 10.2 Å². The highest BCUT2D eigenvalue weighted by Crippen LogP contribution is 2.36. The third kappa shape index (κ3) is 4.53. The minimum atomic E-state index is -4.51. The van der Waals surface area contributed by atoms with Gasteiger partial charge in [0.2, 0.25) is 11.8 Å². The molecule has 0 radical (unpaired) electrons. The fraction of sp³-hybridized carbons (Fsp3) is 0.111. The van der Waals surface area contributed by atoms with Crippen molar-refractivity contribution >= 4 is 39.7 Å². The maximum absolute atomic E-state index is 12.9. The van der Waals surface area contributed by atoms with Crippen molar-refractivity contribution in [1.82, 2.24) is 10.2 Å². The Kier molecular flexibility index (Phi) is 5.48. The number of halogens is 5. The molecule has 134 valence electrons. The van der Waals surface area contributed by atoms with Crippen LogP contribution in [0.25, 0.3) is 12.2 Å². The van der Waals surface area contributed by atoms with E-state index in [0.717, 1.165) is 16.1 Å². The molecule has 0 aliphatic heterocycles. The Bertz CT molecular complexity index is 936. The van der Waals surface area contributed by atoms with E-state index in [2.05, 4.69) is 26.1 Å². The predicted octanol–water partition coefficient (Wildman–Crippen LogP) is 6.27. The van der Waals surface area contributed by atoms with Gasteiger partial charge in [-0.2, -0.15) is 13.2 Å². The lowest BCUT2D eigenvalue weighted by Crippen LogP contribution is -2.06. The number of hydrogen-bond donors (Lipinski definition) is 0. The molecule has 0 aliphatic carbocycles. The minimum Gasteiger partial charge on any atom is -0.421 e. The first-order valence-corrected chi connectivity index (χ1v) is 8.60. The number of alkyl halides is 3. The van der Waals surface area contributed by atoms with E-state index in [9.17, 15) is 13.2 Å². The van der Waals surface area contributed by atoms with Crippen molar-refractivity contribution in [3.05, 3.63) is 80.4 Å². The van der Waals surface area contributed by atoms with Crippen LogP contribution in [-0.2, 0) is 12.6 Å². The number of aromatic nitrogens is 2. The van der Waals surface area contributed by atoms with E-state index in [1.54, 1.807) is 0 Å². The molecule has 1 aromatic heterocycles. The van der Waals surface area contributed by atoms with Crippen LogP contribution < -0.4 is 0 Å². The Balaban J connectivity index is 1.76. The Morgan fingerprint density at radius 3 is 2.46 bits per heavy atom. The fourth-order valence-corrected chi connectivity index (χ4v) is 2.80. The summed E-state index contributed by atoms with van der Waals surface area (Å²) < 4.78 is 45.1. The van der Waals surface area contributed by atoms with Gasteiger partial charge in [0.25, 0.3) is 0 Å². The van der Waals surface area contributed by atoms with Crippen molar-refractivity contribution in [2.75, 3.05) is 0 Å². The molecule has 26 heavy (non-hydrogen) atoms. The molecule has 0 fully saturated rings. The van der Waals surface area contributed by atoms with E-state index in [-0.39, 0.29) is 16.5 Å². The highest BCUT2D eigenvalue weighted by molar-refractivity contribution is 9.10. The molecule has 3 nitrogen and oxygen atoms in total. The summed E-state index contributed by atoms with van der Waals surface area (Å²) >= 11 is 9.20. The quantitative estimate of drug-likeness (QED) is 0.477. The van der Waals surface area contributed by atoms with Gasteiger partial charge in [0.15, 0.2) is 0 Å². The molecule has 0 saturated carbocycles. The van der Waals surface area contributed by atoms with Crippen molar-refractivity contribution in [2.45, 2.75) is 12.6 Å². The van der Waals surface area contributed by atoms with Crippen LogP contribution in [0.2, 0.25) is 5.02 Å². The second-order valence-electron chi connectivity index (χ2n) is 5.38. The van der Waals surface area contributed by atoms with E-state index in [4.69, 9.17) is 16.0 Å². The average Bonchev–Trinajstić information content (AvgIpc) is 3.02. The van der Waals surface area contributed by atoms with Crippen LogP contribution >= 0.6 is 27.5 Å². The van der Waals surface area contributed by atoms with Crippen molar-refractivity contribution in [3.8, 4) is 0 Å². The van der Waals surface area contributed by atoms with Crippen molar-refractivity contribution in [2.24, 2.45) is 0 Å². The first-order chi connectivity index (χ1) is 12.3. The van der Waals surface area contributed by atoms with Crippen molar-refractivity contribution in [3.63, 3.8) is 0 Å². The Morgan fingerprint density at radius 2 is 1.77 bits per heavy atom. The lowest BCUT2D eigenvalue weighted by atomic mass is 10.1. The van der Waals surface area contributed by atoms with E-state index in [1.807, 2.05) is 24.3 Å². The summed E-state index contributed by atoms with van der Waals surface area (Å²) in [6, 6.07) is 11.4. The second-order valence-corrected chi connectivity index (χ2v) is 6.67. The number of rotatable bonds is 4. The molecule has 0 saturated heterocycles. The Morgan fingerprint density at radius 1 is 1.04 bits per heavy atom. The fourth-order valence-electron chi connectivity index (χ4n) is 2.24. The van der Waals surface area contributed by atoms with Gasteiger partial charge in [-0.25, -0.2) is 0 Å². The maximum Gasteiger partial charge on any atom is 0.417 e. The molecule has 0 atom stereocenters. The molecule has 0 spiro atoms. The molecule has 8 heteroatoms. The molecule has 0 aliphatic rings. The smallest absolute Gasteiger partial charge is 0.417 e. The molecule has 3 aromatic rings. The zero-order chi connectivity index (χ0) is 18.7. The summed E-state index contributed by atoms with van der Waals surface area (Å²) in [5.74, 6) is 0.590. The standard InChI is InChI=1S/C18H11BrClF3N2O/c19-13-7-4-11(5-8-13)10-16-25-24-15(26-16)9-6-12-2-1-3-14(17(12)20)18(21,22)23/h1-9H,10H2/b9-6+. The monoisotopic (exact) mass is 442 g/mol. The van der Waals surface area contributed by atoms with Gasteiger partial charge in [0.1, 0.15) is 0 Å². The molecular formula is C18H11BrClF3N2O. The highest BCUT2D eigenvalue weighted by Gasteiger charge is 2.33. The summed E-state index contributed by atoms with van der Waals surface area (Å²) in [5.41, 5.74) is 0.324. The predicted molar refractivity (Wildman–Crippen MR) is 96.6 cm³/mol. The lowest BCUT2D eigenvalue weighted by molar-refractivity contribution is -0.137. The van der Waals surface area contributed by atoms with Gasteiger partial charge < -0.3 is 4.42 Å². The van der Waals surface area contributed by atoms with Gasteiger partial charge in [0.05, 0.1) is 17.0 Å². The van der Waals surface area contributed by atoms with E-state index in [1.165, 1.54) is 24.3 Å². The zero-order valence-electron chi connectivity index (χ0n) is 13.1. The topological polar surface area (TPSA) is 38.9 Å². The molecule has 0 bridgehead atoms. The minimum absolute atomic E-state index is 0.186. The lowest BCUT2D eigenvalue weighted by Gasteiger charge is -2.10. The number of nitrogens with zero attached hydrogens (tertiary/aromatic N) is 2. The van der Waals surface area contributed by atoms with Gasteiger partial charge in [-0.15, -0.1) is 10.2 Å². The van der Waals surface area contributed by atoms with Gasteiger partial charge in [-0.3, -0.25) is 0 Å². The molecule has 0 N–H and O–H groups in total. The van der Waals surface area contributed by atoms with Gasteiger partial charge in [0, 0.05) is 10.5 Å². The normalized spacial score (nSPS) is 12.0. The second kappa shape index (κ2) is 7.63. The van der Waals surface area contributed by atoms with Crippen LogP contribution in [0.15, 0.2) is 51.4 Å². The summed E-state index contributed by atoms with van der Waals surface area (Å²) in [7, 11) is 0. The van der Waals surface area contributed by atoms with Crippen LogP contribution in [0.1, 0.15) is 28.5 Å². The van der Waals surface area contributed by atoms with Crippen LogP contribution in [0, 0.1) is 0 Å². The SMILES string of the molecule is FC(F)(F)c1cccc(/C=C/c2nnc(Cc3ccc(Br)cc3)o2)c1Cl. The first-order valence-electron chi connectivity index (χ1n) is 7.43. The van der Waals surface area contributed by atoms with Crippen molar-refractivity contribution in [1.29, 1.82) is 0 Å². The largest absolute Gasteiger partial charge is 0.421 e. The molecule has 1 heterocycles. The molecule has 0 amide bonds. The summed E-state index contributed by atoms with van der Waals surface area (Å²) in [4.78, 5) is 0. The Hall–Kier alpha value is -2.12. The third-order valence-electron chi connectivity index (χ3n) is 3.49. The summed E-state index contributed by atoms with van der Waals surface area (Å²) in [6.45, 7) is 0. The van der Waals surface area contributed by atoms with Crippen molar-refractivity contribution < 1.29 is 17.6 Å². The Labute approximate surface area is 160 Å². The van der Waals surface area contributed by atoms with Gasteiger partial charge in [-0.05, 0) is 35.4 Å². The zero-order valence-corrected chi connectivity index (χ0v) is 15.4. The van der Waals surface area contributed by atoms with E-state index < -0.39 is 11.7 Å². The molecular weight excluding hydrogens is 433 g/mol. The van der Waals surface area contributed by atoms with Crippen LogP contribution in [0.3, 0.4) is 0 Å². The van der Waals surface area contributed by atoms with Crippen LogP contribution in [0.4, 0.5) is 13.2 Å². The number of hydrogen-bond acceptors (Lipinski definition) is 3. The average molecular weight is 444 g/mol. The summed E-state index contributed by atoms with van der Waals surface area (Å²) in [6.07, 6.45) is -1.21. The molecule has 3 rings (SSSR count). The van der Waals surface area contributed by atoms with Gasteiger partial charge in [-0.1, -0.05) is 51.8 Å². The molecule has 0 unspecified atom stereocenters. The van der Waals surface area contributed by atoms with Crippen LogP contribution in [0.5, 0.6) is 0 Å². The van der Waals surface area contributed by atoms with Gasteiger partial charge >= 0.3 is 6.18 Å². The number of benzene rings is 2. The first kappa shape index (κ1) is 18.7. The maximum atomic E-state index is 12.9. The third-order valence-corrected chi connectivity index (χ3v) is 4.44. The molecule has 2 aromatic carbocycles.